The highest BCUT2D eigenvalue weighted by molar-refractivity contribution is 6.31. The fourth-order valence-corrected chi connectivity index (χ4v) is 2.55. The lowest BCUT2D eigenvalue weighted by Crippen LogP contribution is -2.26. The van der Waals surface area contributed by atoms with Crippen molar-refractivity contribution in [1.29, 1.82) is 0 Å². The van der Waals surface area contributed by atoms with E-state index in [-0.39, 0.29) is 12.5 Å². The molecule has 0 saturated carbocycles. The minimum atomic E-state index is -0.0774. The second-order valence-electron chi connectivity index (χ2n) is 5.17. The Labute approximate surface area is 123 Å². The van der Waals surface area contributed by atoms with Crippen LogP contribution in [-0.2, 0) is 4.79 Å². The number of hydrogen-bond donors (Lipinski definition) is 3. The van der Waals surface area contributed by atoms with E-state index in [0.29, 0.717) is 35.3 Å². The van der Waals surface area contributed by atoms with E-state index < -0.39 is 0 Å². The molecule has 0 spiro atoms. The summed E-state index contributed by atoms with van der Waals surface area (Å²) in [4.78, 5) is 14.1. The molecule has 1 fully saturated rings. The molecule has 1 unspecified atom stereocenters. The highest BCUT2D eigenvalue weighted by atomic mass is 35.5. The fraction of sp³-hybridized carbons (Fsp3) is 0.500. The smallest absolute Gasteiger partial charge is 0.225 e. The van der Waals surface area contributed by atoms with Gasteiger partial charge < -0.3 is 21.1 Å². The maximum Gasteiger partial charge on any atom is 0.225 e. The van der Waals surface area contributed by atoms with Crippen LogP contribution < -0.4 is 11.1 Å². The molecule has 0 bridgehead atoms. The highest BCUT2D eigenvalue weighted by Crippen LogP contribution is 2.23. The molecule has 1 heterocycles. The molecule has 0 aliphatic carbocycles. The van der Waals surface area contributed by atoms with Gasteiger partial charge in [-0.05, 0) is 37.1 Å². The van der Waals surface area contributed by atoms with Crippen LogP contribution in [0, 0.1) is 5.92 Å². The molecule has 20 heavy (non-hydrogen) atoms. The molecule has 1 atom stereocenters. The molecular weight excluding hydrogens is 278 g/mol. The number of amides is 1. The Morgan fingerprint density at radius 1 is 1.55 bits per heavy atom. The third-order valence-corrected chi connectivity index (χ3v) is 3.81. The van der Waals surface area contributed by atoms with Gasteiger partial charge in [-0.2, -0.15) is 0 Å². The van der Waals surface area contributed by atoms with E-state index >= 15 is 0 Å². The van der Waals surface area contributed by atoms with E-state index in [9.17, 15) is 4.79 Å². The number of aliphatic hydroxyl groups is 1. The first-order valence-corrected chi connectivity index (χ1v) is 7.14. The number of anilines is 2. The Hall–Kier alpha value is -1.30. The van der Waals surface area contributed by atoms with Gasteiger partial charge in [0.25, 0.3) is 0 Å². The molecule has 1 aliphatic heterocycles. The molecule has 0 aromatic heterocycles. The van der Waals surface area contributed by atoms with Crippen LogP contribution in [0.1, 0.15) is 12.8 Å². The summed E-state index contributed by atoms with van der Waals surface area (Å²) in [5.74, 6) is 0.271. The number of nitrogen functional groups attached to an aromatic ring is 1. The van der Waals surface area contributed by atoms with E-state index in [1.807, 2.05) is 0 Å². The van der Waals surface area contributed by atoms with Gasteiger partial charge in [-0.15, -0.1) is 0 Å². The number of halogens is 1. The van der Waals surface area contributed by atoms with Crippen LogP contribution >= 0.6 is 11.6 Å². The topological polar surface area (TPSA) is 78.6 Å². The maximum atomic E-state index is 11.9. The molecule has 110 valence electrons. The molecule has 1 aliphatic rings. The average molecular weight is 298 g/mol. The van der Waals surface area contributed by atoms with Gasteiger partial charge in [-0.25, -0.2) is 0 Å². The Bertz CT molecular complexity index is 481. The van der Waals surface area contributed by atoms with Crippen LogP contribution in [0.25, 0.3) is 0 Å². The lowest BCUT2D eigenvalue weighted by molar-refractivity contribution is -0.116. The van der Waals surface area contributed by atoms with Crippen LogP contribution in [0.5, 0.6) is 0 Å². The number of nitrogens with one attached hydrogen (secondary N) is 1. The molecule has 6 heteroatoms. The number of benzene rings is 1. The molecule has 4 N–H and O–H groups in total. The second kappa shape index (κ2) is 6.92. The highest BCUT2D eigenvalue weighted by Gasteiger charge is 2.21. The minimum Gasteiger partial charge on any atom is -0.397 e. The van der Waals surface area contributed by atoms with Gasteiger partial charge in [0, 0.05) is 31.1 Å². The lowest BCUT2D eigenvalue weighted by Gasteiger charge is -2.15. The van der Waals surface area contributed by atoms with E-state index in [1.54, 1.807) is 18.2 Å². The molecule has 1 aromatic rings. The zero-order valence-corrected chi connectivity index (χ0v) is 12.1. The molecule has 1 aromatic carbocycles. The van der Waals surface area contributed by atoms with Crippen molar-refractivity contribution in [1.82, 2.24) is 4.90 Å². The first-order valence-electron chi connectivity index (χ1n) is 6.76. The predicted molar refractivity (Wildman–Crippen MR) is 80.7 cm³/mol. The van der Waals surface area contributed by atoms with Crippen molar-refractivity contribution in [2.24, 2.45) is 5.92 Å². The van der Waals surface area contributed by atoms with Crippen LogP contribution in [0.2, 0.25) is 5.02 Å². The van der Waals surface area contributed by atoms with E-state index in [2.05, 4.69) is 10.2 Å². The summed E-state index contributed by atoms with van der Waals surface area (Å²) >= 11 is 5.87. The van der Waals surface area contributed by atoms with Crippen LogP contribution in [-0.4, -0.2) is 42.2 Å². The minimum absolute atomic E-state index is 0.0774. The van der Waals surface area contributed by atoms with Crippen molar-refractivity contribution in [3.63, 3.8) is 0 Å². The van der Waals surface area contributed by atoms with Crippen molar-refractivity contribution in [2.75, 3.05) is 37.3 Å². The van der Waals surface area contributed by atoms with Crippen molar-refractivity contribution < 1.29 is 9.90 Å². The molecule has 0 radical (unpaired) electrons. The van der Waals surface area contributed by atoms with Gasteiger partial charge in [0.15, 0.2) is 0 Å². The first kappa shape index (κ1) is 15.1. The van der Waals surface area contributed by atoms with Crippen LogP contribution in [0.15, 0.2) is 18.2 Å². The third kappa shape index (κ3) is 4.10. The Morgan fingerprint density at radius 3 is 3.05 bits per heavy atom. The molecule has 5 nitrogen and oxygen atoms in total. The van der Waals surface area contributed by atoms with Crippen molar-refractivity contribution >= 4 is 28.9 Å². The summed E-state index contributed by atoms with van der Waals surface area (Å²) in [7, 11) is 0. The molecular formula is C14H20ClN3O2. The number of carbonyl (C=O) groups excluding carboxylic acids is 1. The van der Waals surface area contributed by atoms with Gasteiger partial charge in [0.1, 0.15) is 0 Å². The third-order valence-electron chi connectivity index (χ3n) is 3.57. The average Bonchev–Trinajstić information content (AvgIpc) is 2.89. The number of aliphatic hydroxyl groups excluding tert-OH is 1. The standard InChI is InChI=1S/C14H20ClN3O2/c15-11-1-2-12(16)13(7-11)17-14(20)4-6-18-5-3-10(8-18)9-19/h1-2,7,10,19H,3-6,8-9,16H2,(H,17,20). The maximum absolute atomic E-state index is 11.9. The Morgan fingerprint density at radius 2 is 2.35 bits per heavy atom. The zero-order chi connectivity index (χ0) is 14.5. The SMILES string of the molecule is Nc1ccc(Cl)cc1NC(=O)CCN1CCC(CO)C1. The monoisotopic (exact) mass is 297 g/mol. The number of carbonyl (C=O) groups is 1. The van der Waals surface area contributed by atoms with Crippen LogP contribution in [0.3, 0.4) is 0 Å². The van der Waals surface area contributed by atoms with Crippen molar-refractivity contribution in [3.8, 4) is 0 Å². The van der Waals surface area contributed by atoms with Crippen LogP contribution in [0.4, 0.5) is 11.4 Å². The van der Waals surface area contributed by atoms with Gasteiger partial charge in [0.2, 0.25) is 5.91 Å². The van der Waals surface area contributed by atoms with Crippen molar-refractivity contribution in [2.45, 2.75) is 12.8 Å². The van der Waals surface area contributed by atoms with Gasteiger partial charge >= 0.3 is 0 Å². The molecule has 1 amide bonds. The second-order valence-corrected chi connectivity index (χ2v) is 5.60. The van der Waals surface area contributed by atoms with Gasteiger partial charge in [-0.1, -0.05) is 11.6 Å². The summed E-state index contributed by atoms with van der Waals surface area (Å²) in [5, 5.41) is 12.4. The summed E-state index contributed by atoms with van der Waals surface area (Å²) < 4.78 is 0. The number of nitrogens with zero attached hydrogens (tertiary/aromatic N) is 1. The number of hydrogen-bond acceptors (Lipinski definition) is 4. The summed E-state index contributed by atoms with van der Waals surface area (Å²) in [5.41, 5.74) is 6.84. The quantitative estimate of drug-likeness (QED) is 0.721. The van der Waals surface area contributed by atoms with E-state index in [1.165, 1.54) is 0 Å². The zero-order valence-electron chi connectivity index (χ0n) is 11.3. The van der Waals surface area contributed by atoms with Crippen molar-refractivity contribution in [3.05, 3.63) is 23.2 Å². The van der Waals surface area contributed by atoms with Gasteiger partial charge in [0.05, 0.1) is 11.4 Å². The lowest BCUT2D eigenvalue weighted by atomic mass is 10.1. The molecule has 1 saturated heterocycles. The Kier molecular flexibility index (Phi) is 5.23. The largest absolute Gasteiger partial charge is 0.397 e. The first-order chi connectivity index (χ1) is 9.58. The summed E-state index contributed by atoms with van der Waals surface area (Å²) in [6.07, 6.45) is 1.41. The van der Waals surface area contributed by atoms with E-state index in [0.717, 1.165) is 19.5 Å². The number of nitrogens with two attached hydrogens (primary N) is 1. The molecule has 2 rings (SSSR count). The normalized spacial score (nSPS) is 19.2. The fourth-order valence-electron chi connectivity index (χ4n) is 2.37. The summed E-state index contributed by atoms with van der Waals surface area (Å²) in [6, 6.07) is 5.00. The predicted octanol–water partition coefficient (Wildman–Crippen LogP) is 1.56. The number of likely N-dealkylation sites (tertiary alicyclic amines) is 1. The van der Waals surface area contributed by atoms with E-state index in [4.69, 9.17) is 22.4 Å². The van der Waals surface area contributed by atoms with Gasteiger partial charge in [-0.3, -0.25) is 4.79 Å². The summed E-state index contributed by atoms with van der Waals surface area (Å²) in [6.45, 7) is 2.73. The number of rotatable bonds is 5. The Balaban J connectivity index is 1.79.